The minimum absolute atomic E-state index is 0.0718. The van der Waals surface area contributed by atoms with Gasteiger partial charge in [0.15, 0.2) is 5.78 Å². The first-order chi connectivity index (χ1) is 5.73. The lowest BCUT2D eigenvalue weighted by molar-refractivity contribution is -0.124. The van der Waals surface area contributed by atoms with Crippen molar-refractivity contribution in [2.45, 2.75) is 45.4 Å². The molecule has 2 aliphatic carbocycles. The molecular formula is C11H16O. The van der Waals surface area contributed by atoms with Crippen molar-refractivity contribution in [2.24, 2.45) is 5.41 Å². The van der Waals surface area contributed by atoms with Crippen molar-refractivity contribution in [3.05, 3.63) is 11.6 Å². The lowest BCUT2D eigenvalue weighted by Gasteiger charge is -2.31. The SMILES string of the molecule is CC1=CC(=O)C2(CCCCC2)C1. The highest BCUT2D eigenvalue weighted by molar-refractivity contribution is 5.98. The Hall–Kier alpha value is -0.590. The smallest absolute Gasteiger partial charge is 0.162 e. The first-order valence-corrected chi connectivity index (χ1v) is 4.95. The molecular weight excluding hydrogens is 148 g/mol. The molecule has 0 radical (unpaired) electrons. The maximum Gasteiger partial charge on any atom is 0.162 e. The molecule has 0 amide bonds. The van der Waals surface area contributed by atoms with Gasteiger partial charge in [0.25, 0.3) is 0 Å². The Morgan fingerprint density at radius 3 is 2.42 bits per heavy atom. The van der Waals surface area contributed by atoms with Gasteiger partial charge in [-0.1, -0.05) is 24.8 Å². The van der Waals surface area contributed by atoms with Crippen molar-refractivity contribution < 1.29 is 4.79 Å². The fourth-order valence-corrected chi connectivity index (χ4v) is 2.70. The first-order valence-electron chi connectivity index (χ1n) is 4.95. The number of carbonyl (C=O) groups is 1. The largest absolute Gasteiger partial charge is 0.294 e. The highest BCUT2D eigenvalue weighted by atomic mass is 16.1. The van der Waals surface area contributed by atoms with Crippen LogP contribution in [0.4, 0.5) is 0 Å². The van der Waals surface area contributed by atoms with Gasteiger partial charge in [-0.25, -0.2) is 0 Å². The molecule has 1 nitrogen and oxygen atoms in total. The van der Waals surface area contributed by atoms with Crippen molar-refractivity contribution in [1.82, 2.24) is 0 Å². The molecule has 0 saturated heterocycles. The van der Waals surface area contributed by atoms with Crippen LogP contribution in [0.2, 0.25) is 0 Å². The maximum absolute atomic E-state index is 11.7. The predicted octanol–water partition coefficient (Wildman–Crippen LogP) is 2.86. The maximum atomic E-state index is 11.7. The molecule has 1 spiro atoms. The molecule has 0 bridgehead atoms. The van der Waals surface area contributed by atoms with Crippen molar-refractivity contribution in [3.63, 3.8) is 0 Å². The van der Waals surface area contributed by atoms with Crippen LogP contribution in [0.25, 0.3) is 0 Å². The van der Waals surface area contributed by atoms with Crippen LogP contribution in [-0.2, 0) is 4.79 Å². The highest BCUT2D eigenvalue weighted by Gasteiger charge is 2.41. The van der Waals surface area contributed by atoms with E-state index in [4.69, 9.17) is 0 Å². The number of carbonyl (C=O) groups excluding carboxylic acids is 1. The minimum atomic E-state index is 0.0718. The van der Waals surface area contributed by atoms with E-state index in [1.165, 1.54) is 24.8 Å². The van der Waals surface area contributed by atoms with Gasteiger partial charge in [0.1, 0.15) is 0 Å². The van der Waals surface area contributed by atoms with Gasteiger partial charge in [0.05, 0.1) is 0 Å². The van der Waals surface area contributed by atoms with Gasteiger partial charge in [0.2, 0.25) is 0 Å². The number of hydrogen-bond acceptors (Lipinski definition) is 1. The fraction of sp³-hybridized carbons (Fsp3) is 0.727. The molecule has 66 valence electrons. The summed E-state index contributed by atoms with van der Waals surface area (Å²) in [4.78, 5) is 11.7. The van der Waals surface area contributed by atoms with Crippen molar-refractivity contribution in [1.29, 1.82) is 0 Å². The van der Waals surface area contributed by atoms with Crippen LogP contribution in [0, 0.1) is 5.41 Å². The number of ketones is 1. The average Bonchev–Trinajstić information content (AvgIpc) is 2.29. The zero-order valence-electron chi connectivity index (χ0n) is 7.73. The molecule has 0 aromatic rings. The lowest BCUT2D eigenvalue weighted by Crippen LogP contribution is -2.28. The third kappa shape index (κ3) is 1.12. The average molecular weight is 164 g/mol. The second-order valence-corrected chi connectivity index (χ2v) is 4.37. The molecule has 0 aliphatic heterocycles. The molecule has 2 rings (SSSR count). The van der Waals surface area contributed by atoms with E-state index in [2.05, 4.69) is 6.92 Å². The van der Waals surface area contributed by atoms with Gasteiger partial charge in [-0.3, -0.25) is 4.79 Å². The zero-order valence-corrected chi connectivity index (χ0v) is 7.73. The van der Waals surface area contributed by atoms with E-state index >= 15 is 0 Å². The molecule has 0 N–H and O–H groups in total. The van der Waals surface area contributed by atoms with Gasteiger partial charge >= 0.3 is 0 Å². The summed E-state index contributed by atoms with van der Waals surface area (Å²) in [5.41, 5.74) is 1.37. The first kappa shape index (κ1) is 8.03. The van der Waals surface area contributed by atoms with E-state index in [-0.39, 0.29) is 5.41 Å². The van der Waals surface area contributed by atoms with Crippen LogP contribution in [0.5, 0.6) is 0 Å². The molecule has 2 aliphatic rings. The molecule has 0 unspecified atom stereocenters. The van der Waals surface area contributed by atoms with Crippen LogP contribution in [0.15, 0.2) is 11.6 Å². The predicted molar refractivity (Wildman–Crippen MR) is 48.9 cm³/mol. The third-order valence-electron chi connectivity index (χ3n) is 3.33. The van der Waals surface area contributed by atoms with Crippen LogP contribution in [-0.4, -0.2) is 5.78 Å². The number of rotatable bonds is 0. The van der Waals surface area contributed by atoms with Crippen molar-refractivity contribution in [3.8, 4) is 0 Å². The summed E-state index contributed by atoms with van der Waals surface area (Å²) in [6.45, 7) is 2.08. The van der Waals surface area contributed by atoms with Gasteiger partial charge in [0, 0.05) is 5.41 Å². The van der Waals surface area contributed by atoms with Crippen LogP contribution in [0.1, 0.15) is 45.4 Å². The Morgan fingerprint density at radius 1 is 1.25 bits per heavy atom. The molecule has 0 aromatic heterocycles. The molecule has 0 aromatic carbocycles. The number of allylic oxidation sites excluding steroid dienone is 2. The second kappa shape index (κ2) is 2.72. The van der Waals surface area contributed by atoms with E-state index < -0.39 is 0 Å². The Labute approximate surface area is 73.8 Å². The van der Waals surface area contributed by atoms with Crippen molar-refractivity contribution >= 4 is 5.78 Å². The topological polar surface area (TPSA) is 17.1 Å². The Balaban J connectivity index is 2.17. The van der Waals surface area contributed by atoms with Crippen LogP contribution < -0.4 is 0 Å². The second-order valence-electron chi connectivity index (χ2n) is 4.37. The standard InChI is InChI=1S/C11H16O/c1-9-7-10(12)11(8-9)5-3-2-4-6-11/h7H,2-6,8H2,1H3. The molecule has 12 heavy (non-hydrogen) atoms. The van der Waals surface area contributed by atoms with Gasteiger partial charge in [-0.2, -0.15) is 0 Å². The van der Waals surface area contributed by atoms with E-state index in [0.29, 0.717) is 5.78 Å². The molecule has 1 saturated carbocycles. The summed E-state index contributed by atoms with van der Waals surface area (Å²) >= 11 is 0. The Bertz CT molecular complexity index is 231. The summed E-state index contributed by atoms with van der Waals surface area (Å²) in [7, 11) is 0. The van der Waals surface area contributed by atoms with Crippen molar-refractivity contribution in [2.75, 3.05) is 0 Å². The van der Waals surface area contributed by atoms with Crippen LogP contribution in [0.3, 0.4) is 0 Å². The van der Waals surface area contributed by atoms with Gasteiger partial charge in [-0.15, -0.1) is 0 Å². The quantitative estimate of drug-likeness (QED) is 0.538. The minimum Gasteiger partial charge on any atom is -0.294 e. The van der Waals surface area contributed by atoms with Crippen LogP contribution >= 0.6 is 0 Å². The van der Waals surface area contributed by atoms with Gasteiger partial charge < -0.3 is 0 Å². The highest BCUT2D eigenvalue weighted by Crippen LogP contribution is 2.45. The lowest BCUT2D eigenvalue weighted by atomic mass is 9.71. The molecule has 0 atom stereocenters. The van der Waals surface area contributed by atoms with E-state index in [9.17, 15) is 4.79 Å². The third-order valence-corrected chi connectivity index (χ3v) is 3.33. The van der Waals surface area contributed by atoms with E-state index in [0.717, 1.165) is 19.3 Å². The fourth-order valence-electron chi connectivity index (χ4n) is 2.70. The normalized spacial score (nSPS) is 27.8. The number of hydrogen-bond donors (Lipinski definition) is 0. The Kier molecular flexibility index (Phi) is 1.82. The summed E-state index contributed by atoms with van der Waals surface area (Å²) in [6.07, 6.45) is 9.03. The van der Waals surface area contributed by atoms with E-state index in [1.807, 2.05) is 6.08 Å². The summed E-state index contributed by atoms with van der Waals surface area (Å²) in [5, 5.41) is 0. The zero-order chi connectivity index (χ0) is 8.60. The molecule has 1 heteroatoms. The van der Waals surface area contributed by atoms with E-state index in [1.54, 1.807) is 0 Å². The monoisotopic (exact) mass is 164 g/mol. The summed E-state index contributed by atoms with van der Waals surface area (Å²) < 4.78 is 0. The molecule has 0 heterocycles. The Morgan fingerprint density at radius 2 is 1.92 bits per heavy atom. The molecule has 1 fully saturated rings. The summed E-state index contributed by atoms with van der Waals surface area (Å²) in [5.74, 6) is 0.416. The summed E-state index contributed by atoms with van der Waals surface area (Å²) in [6, 6.07) is 0. The van der Waals surface area contributed by atoms with Gasteiger partial charge in [-0.05, 0) is 32.3 Å².